The fourth-order valence-electron chi connectivity index (χ4n) is 3.67. The lowest BCUT2D eigenvalue weighted by atomic mass is 10.1. The van der Waals surface area contributed by atoms with Crippen LogP contribution in [0.15, 0.2) is 24.3 Å². The molecule has 0 N–H and O–H groups in total. The summed E-state index contributed by atoms with van der Waals surface area (Å²) in [5.74, 6) is 0.225. The van der Waals surface area contributed by atoms with Crippen LogP contribution in [0.3, 0.4) is 0 Å². The van der Waals surface area contributed by atoms with Crippen LogP contribution in [0.5, 0.6) is 0 Å². The van der Waals surface area contributed by atoms with Crippen LogP contribution in [-0.2, 0) is 4.74 Å². The minimum atomic E-state index is -0.242. The van der Waals surface area contributed by atoms with Gasteiger partial charge in [-0.3, -0.25) is 4.79 Å². The highest BCUT2D eigenvalue weighted by Crippen LogP contribution is 2.38. The lowest BCUT2D eigenvalue weighted by Gasteiger charge is -2.26. The molecule has 0 spiro atoms. The minimum Gasteiger partial charge on any atom is -0.378 e. The summed E-state index contributed by atoms with van der Waals surface area (Å²) >= 11 is 0. The summed E-state index contributed by atoms with van der Waals surface area (Å²) in [7, 11) is 0. The lowest BCUT2D eigenvalue weighted by molar-refractivity contribution is 0.104. The summed E-state index contributed by atoms with van der Waals surface area (Å²) in [5.41, 5.74) is 2.56. The smallest absolute Gasteiger partial charge is 0.198 e. The minimum absolute atomic E-state index is 0.104. The van der Waals surface area contributed by atoms with E-state index in [0.29, 0.717) is 60.2 Å². The van der Waals surface area contributed by atoms with Crippen molar-refractivity contribution in [3.05, 3.63) is 46.6 Å². The second kappa shape index (κ2) is 5.63. The molecule has 2 aliphatic rings. The summed E-state index contributed by atoms with van der Waals surface area (Å²) in [6.45, 7) is 2.28. The molecule has 8 nitrogen and oxygen atoms in total. The van der Waals surface area contributed by atoms with E-state index < -0.39 is 0 Å². The van der Waals surface area contributed by atoms with Crippen molar-refractivity contribution in [2.24, 2.45) is 0 Å². The molecule has 0 saturated carbocycles. The van der Waals surface area contributed by atoms with Gasteiger partial charge in [0.1, 0.15) is 17.7 Å². The van der Waals surface area contributed by atoms with Gasteiger partial charge in [0.2, 0.25) is 0 Å². The van der Waals surface area contributed by atoms with Gasteiger partial charge in [0, 0.05) is 24.2 Å². The zero-order valence-corrected chi connectivity index (χ0v) is 14.1. The van der Waals surface area contributed by atoms with Crippen molar-refractivity contribution in [3.8, 4) is 23.4 Å². The molecule has 1 saturated heterocycles. The first-order valence-corrected chi connectivity index (χ1v) is 8.48. The van der Waals surface area contributed by atoms with Gasteiger partial charge in [-0.2, -0.15) is 10.5 Å². The molecule has 1 aromatic carbocycles. The van der Waals surface area contributed by atoms with E-state index in [1.807, 2.05) is 11.0 Å². The number of carbonyl (C=O) groups excluding carboxylic acids is 1. The number of hydrogen-bond acceptors (Lipinski definition) is 7. The van der Waals surface area contributed by atoms with Gasteiger partial charge in [-0.15, -0.1) is 5.10 Å². The molecule has 1 fully saturated rings. The second-order valence-corrected chi connectivity index (χ2v) is 6.32. The molecular formula is C19H12N6O2. The monoisotopic (exact) mass is 356 g/mol. The standard InChI is InChI=1S/C19H12N6O2/c20-9-13-18-22-16-11-3-1-2-4-12(11)17(26)15(16)14(10-21)25(18)23-19(13)24-5-7-27-8-6-24/h1-4H,5-8H2. The van der Waals surface area contributed by atoms with Gasteiger partial charge in [0.15, 0.2) is 22.9 Å². The van der Waals surface area contributed by atoms with Crippen molar-refractivity contribution >= 4 is 17.2 Å². The molecule has 0 bridgehead atoms. The van der Waals surface area contributed by atoms with Crippen molar-refractivity contribution in [1.29, 1.82) is 10.5 Å². The Hall–Kier alpha value is -3.75. The Balaban J connectivity index is 1.84. The number of ether oxygens (including phenoxy) is 1. The molecule has 3 heterocycles. The van der Waals surface area contributed by atoms with Crippen LogP contribution in [0.25, 0.3) is 16.9 Å². The van der Waals surface area contributed by atoms with Crippen LogP contribution in [-0.4, -0.2) is 46.7 Å². The molecule has 0 radical (unpaired) electrons. The fraction of sp³-hybridized carbons (Fsp3) is 0.211. The van der Waals surface area contributed by atoms with E-state index in [2.05, 4.69) is 22.2 Å². The van der Waals surface area contributed by atoms with Crippen molar-refractivity contribution in [2.75, 3.05) is 31.2 Å². The molecular weight excluding hydrogens is 344 g/mol. The molecule has 5 rings (SSSR count). The predicted octanol–water partition coefficient (Wildman–Crippen LogP) is 1.52. The SMILES string of the molecule is N#Cc1c(N2CCOCC2)nn2c(C#N)c3c(nc12)-c1ccccc1C3=O. The number of rotatable bonds is 1. The summed E-state index contributed by atoms with van der Waals surface area (Å²) in [5, 5.41) is 24.0. The third-order valence-electron chi connectivity index (χ3n) is 4.93. The van der Waals surface area contributed by atoms with Crippen LogP contribution >= 0.6 is 0 Å². The molecule has 0 amide bonds. The Labute approximate surface area is 153 Å². The van der Waals surface area contributed by atoms with Gasteiger partial charge < -0.3 is 9.64 Å². The molecule has 0 unspecified atom stereocenters. The summed E-state index contributed by atoms with van der Waals surface area (Å²) in [6, 6.07) is 11.4. The molecule has 2 aromatic heterocycles. The number of aromatic nitrogens is 3. The Morgan fingerprint density at radius 2 is 1.81 bits per heavy atom. The van der Waals surface area contributed by atoms with Gasteiger partial charge in [-0.05, 0) is 0 Å². The van der Waals surface area contributed by atoms with E-state index in [4.69, 9.17) is 4.74 Å². The van der Waals surface area contributed by atoms with Gasteiger partial charge >= 0.3 is 0 Å². The zero-order valence-electron chi connectivity index (χ0n) is 14.1. The fourth-order valence-corrected chi connectivity index (χ4v) is 3.67. The van der Waals surface area contributed by atoms with Gasteiger partial charge in [0.05, 0.1) is 24.5 Å². The van der Waals surface area contributed by atoms with Crippen LogP contribution in [0.4, 0.5) is 5.82 Å². The number of hydrogen-bond donors (Lipinski definition) is 0. The molecule has 0 atom stereocenters. The van der Waals surface area contributed by atoms with Crippen molar-refractivity contribution in [3.63, 3.8) is 0 Å². The number of nitrogens with zero attached hydrogens (tertiary/aromatic N) is 6. The molecule has 1 aliphatic carbocycles. The maximum absolute atomic E-state index is 12.9. The highest BCUT2D eigenvalue weighted by Gasteiger charge is 2.34. The third kappa shape index (κ3) is 2.02. The van der Waals surface area contributed by atoms with Gasteiger partial charge in [-0.25, -0.2) is 9.50 Å². The number of ketones is 1. The quantitative estimate of drug-likeness (QED) is 0.509. The van der Waals surface area contributed by atoms with E-state index in [0.717, 1.165) is 0 Å². The van der Waals surface area contributed by atoms with Crippen LogP contribution in [0.2, 0.25) is 0 Å². The summed E-state index contributed by atoms with van der Waals surface area (Å²) in [4.78, 5) is 19.4. The van der Waals surface area contributed by atoms with Crippen molar-refractivity contribution in [2.45, 2.75) is 0 Å². The molecule has 8 heteroatoms. The topological polar surface area (TPSA) is 107 Å². The van der Waals surface area contributed by atoms with E-state index in [1.165, 1.54) is 4.52 Å². The average molecular weight is 356 g/mol. The first-order valence-electron chi connectivity index (χ1n) is 8.48. The van der Waals surface area contributed by atoms with Gasteiger partial charge in [-0.1, -0.05) is 24.3 Å². The highest BCUT2D eigenvalue weighted by atomic mass is 16.5. The normalized spacial score (nSPS) is 15.3. The number of fused-ring (bicyclic) bond motifs is 4. The maximum Gasteiger partial charge on any atom is 0.198 e. The highest BCUT2D eigenvalue weighted by molar-refractivity contribution is 6.22. The van der Waals surface area contributed by atoms with Crippen LogP contribution in [0, 0.1) is 22.7 Å². The van der Waals surface area contributed by atoms with Crippen LogP contribution in [0.1, 0.15) is 27.2 Å². The Bertz CT molecular complexity index is 1210. The Morgan fingerprint density at radius 3 is 2.52 bits per heavy atom. The Kier molecular flexibility index (Phi) is 3.23. The van der Waals surface area contributed by atoms with E-state index >= 15 is 0 Å². The molecule has 3 aromatic rings. The predicted molar refractivity (Wildman–Crippen MR) is 94.3 cm³/mol. The average Bonchev–Trinajstić information content (AvgIpc) is 3.23. The first kappa shape index (κ1) is 15.5. The van der Waals surface area contributed by atoms with E-state index in [9.17, 15) is 15.3 Å². The lowest BCUT2D eigenvalue weighted by Crippen LogP contribution is -2.36. The summed E-state index contributed by atoms with van der Waals surface area (Å²) < 4.78 is 6.69. The summed E-state index contributed by atoms with van der Waals surface area (Å²) in [6.07, 6.45) is 0. The van der Waals surface area contributed by atoms with E-state index in [1.54, 1.807) is 18.2 Å². The molecule has 1 aliphatic heterocycles. The molecule has 130 valence electrons. The Morgan fingerprint density at radius 1 is 1.07 bits per heavy atom. The third-order valence-corrected chi connectivity index (χ3v) is 4.93. The number of nitriles is 2. The first-order chi connectivity index (χ1) is 13.2. The molecule has 27 heavy (non-hydrogen) atoms. The zero-order chi connectivity index (χ0) is 18.5. The number of morpholine rings is 1. The second-order valence-electron chi connectivity index (χ2n) is 6.32. The van der Waals surface area contributed by atoms with Gasteiger partial charge in [0.25, 0.3) is 0 Å². The number of carbonyl (C=O) groups is 1. The van der Waals surface area contributed by atoms with Crippen molar-refractivity contribution in [1.82, 2.24) is 14.6 Å². The number of anilines is 1. The maximum atomic E-state index is 12.9. The number of benzene rings is 1. The van der Waals surface area contributed by atoms with Crippen LogP contribution < -0.4 is 4.90 Å². The van der Waals surface area contributed by atoms with Crippen molar-refractivity contribution < 1.29 is 9.53 Å². The van der Waals surface area contributed by atoms with E-state index in [-0.39, 0.29) is 17.0 Å². The largest absolute Gasteiger partial charge is 0.378 e.